The zero-order valence-electron chi connectivity index (χ0n) is 16.5. The van der Waals surface area contributed by atoms with Gasteiger partial charge in [0.2, 0.25) is 5.88 Å². The van der Waals surface area contributed by atoms with Gasteiger partial charge in [-0.05, 0) is 50.9 Å². The summed E-state index contributed by atoms with van der Waals surface area (Å²) in [5.74, 6) is -0.629. The number of likely N-dealkylation sites (tertiary alicyclic amines) is 1. The van der Waals surface area contributed by atoms with E-state index in [0.717, 1.165) is 30.8 Å². The Hall–Kier alpha value is -2.78. The van der Waals surface area contributed by atoms with Crippen LogP contribution in [0.25, 0.3) is 0 Å². The normalized spacial score (nSPS) is 20.5. The molecule has 2 aliphatic heterocycles. The number of nitrogens with two attached hydrogens (primary N) is 1. The molecule has 1 atom stereocenters. The second-order valence-corrected chi connectivity index (χ2v) is 7.15. The van der Waals surface area contributed by atoms with E-state index in [9.17, 15) is 10.1 Å². The largest absolute Gasteiger partial charge is 0.463 e. The standard InChI is InChI=1S/C22H27N3O3/c1-3-27-22(26)19-15(2)28-21(24)18(13-23)20(19)17-10-6-5-9-16(17)14-25-11-7-4-8-12-25/h5-6,9-10,20H,3-4,7-8,11-12,14,24H2,1-2H3. The van der Waals surface area contributed by atoms with Crippen molar-refractivity contribution in [2.75, 3.05) is 19.7 Å². The average Bonchev–Trinajstić information content (AvgIpc) is 2.69. The molecule has 0 amide bonds. The van der Waals surface area contributed by atoms with Crippen molar-refractivity contribution < 1.29 is 14.3 Å². The molecule has 1 aromatic carbocycles. The predicted molar refractivity (Wildman–Crippen MR) is 106 cm³/mol. The minimum atomic E-state index is -0.584. The molecule has 2 aliphatic rings. The lowest BCUT2D eigenvalue weighted by Crippen LogP contribution is -2.30. The van der Waals surface area contributed by atoms with Gasteiger partial charge in [0.1, 0.15) is 17.4 Å². The van der Waals surface area contributed by atoms with Crippen LogP contribution in [0.3, 0.4) is 0 Å². The van der Waals surface area contributed by atoms with Gasteiger partial charge in [0.15, 0.2) is 0 Å². The van der Waals surface area contributed by atoms with Gasteiger partial charge in [-0.25, -0.2) is 4.79 Å². The number of nitrogens with zero attached hydrogens (tertiary/aromatic N) is 2. The first-order valence-electron chi connectivity index (χ1n) is 9.82. The van der Waals surface area contributed by atoms with Gasteiger partial charge in [0.05, 0.1) is 18.1 Å². The van der Waals surface area contributed by atoms with Crippen molar-refractivity contribution in [3.8, 4) is 6.07 Å². The molecule has 0 spiro atoms. The summed E-state index contributed by atoms with van der Waals surface area (Å²) in [6.07, 6.45) is 3.66. The number of hydrogen-bond donors (Lipinski definition) is 1. The number of benzene rings is 1. The molecule has 1 aromatic rings. The summed E-state index contributed by atoms with van der Waals surface area (Å²) >= 11 is 0. The molecule has 2 heterocycles. The summed E-state index contributed by atoms with van der Waals surface area (Å²) in [5.41, 5.74) is 8.60. The summed E-state index contributed by atoms with van der Waals surface area (Å²) < 4.78 is 10.8. The maximum absolute atomic E-state index is 12.7. The molecule has 0 aromatic heterocycles. The monoisotopic (exact) mass is 381 g/mol. The maximum Gasteiger partial charge on any atom is 0.338 e. The van der Waals surface area contributed by atoms with E-state index in [1.165, 1.54) is 19.3 Å². The Labute approximate surface area is 166 Å². The van der Waals surface area contributed by atoms with Gasteiger partial charge < -0.3 is 15.2 Å². The number of carbonyl (C=O) groups excluding carboxylic acids is 1. The lowest BCUT2D eigenvalue weighted by atomic mass is 9.81. The maximum atomic E-state index is 12.7. The topological polar surface area (TPSA) is 88.6 Å². The van der Waals surface area contributed by atoms with E-state index in [1.807, 2.05) is 18.2 Å². The van der Waals surface area contributed by atoms with Crippen LogP contribution in [0.2, 0.25) is 0 Å². The average molecular weight is 381 g/mol. The van der Waals surface area contributed by atoms with Gasteiger partial charge in [-0.15, -0.1) is 0 Å². The highest BCUT2D eigenvalue weighted by Crippen LogP contribution is 2.41. The molecule has 148 valence electrons. The van der Waals surface area contributed by atoms with Crippen molar-refractivity contribution in [2.24, 2.45) is 5.73 Å². The van der Waals surface area contributed by atoms with Crippen LogP contribution < -0.4 is 5.73 Å². The molecule has 1 saturated heterocycles. The molecular weight excluding hydrogens is 354 g/mol. The number of rotatable bonds is 5. The van der Waals surface area contributed by atoms with Crippen LogP contribution in [0, 0.1) is 11.3 Å². The summed E-state index contributed by atoms with van der Waals surface area (Å²) in [4.78, 5) is 15.1. The smallest absolute Gasteiger partial charge is 0.338 e. The lowest BCUT2D eigenvalue weighted by molar-refractivity contribution is -0.139. The number of allylic oxidation sites excluding steroid dienone is 2. The summed E-state index contributed by atoms with van der Waals surface area (Å²) in [5, 5.41) is 9.77. The SMILES string of the molecule is CCOC(=O)C1=C(C)OC(N)=C(C#N)C1c1ccccc1CN1CCCCC1. The molecule has 0 bridgehead atoms. The Morgan fingerprint density at radius 1 is 1.32 bits per heavy atom. The van der Waals surface area contributed by atoms with Crippen molar-refractivity contribution in [1.82, 2.24) is 4.90 Å². The van der Waals surface area contributed by atoms with E-state index in [2.05, 4.69) is 17.0 Å². The Kier molecular flexibility index (Phi) is 6.37. The van der Waals surface area contributed by atoms with Crippen LogP contribution in [0.15, 0.2) is 47.1 Å². The van der Waals surface area contributed by atoms with Crippen LogP contribution in [-0.2, 0) is 20.8 Å². The fourth-order valence-electron chi connectivity index (χ4n) is 3.98. The fourth-order valence-corrected chi connectivity index (χ4v) is 3.98. The van der Waals surface area contributed by atoms with E-state index in [1.54, 1.807) is 13.8 Å². The van der Waals surface area contributed by atoms with Gasteiger partial charge in [0, 0.05) is 6.54 Å². The van der Waals surface area contributed by atoms with Crippen molar-refractivity contribution in [1.29, 1.82) is 5.26 Å². The molecule has 0 radical (unpaired) electrons. The second-order valence-electron chi connectivity index (χ2n) is 7.15. The van der Waals surface area contributed by atoms with Crippen molar-refractivity contribution in [2.45, 2.75) is 45.6 Å². The highest BCUT2D eigenvalue weighted by molar-refractivity contribution is 5.92. The molecule has 1 fully saturated rings. The van der Waals surface area contributed by atoms with Crippen molar-refractivity contribution in [3.63, 3.8) is 0 Å². The van der Waals surface area contributed by atoms with Crippen molar-refractivity contribution in [3.05, 3.63) is 58.2 Å². The first kappa shape index (κ1) is 20.0. The fraction of sp³-hybridized carbons (Fsp3) is 0.455. The van der Waals surface area contributed by atoms with Gasteiger partial charge in [-0.3, -0.25) is 4.90 Å². The summed E-state index contributed by atoms with van der Waals surface area (Å²) in [6.45, 7) is 6.59. The molecule has 28 heavy (non-hydrogen) atoms. The number of nitriles is 1. The molecule has 0 saturated carbocycles. The van der Waals surface area contributed by atoms with Gasteiger partial charge >= 0.3 is 5.97 Å². The zero-order chi connectivity index (χ0) is 20.1. The van der Waals surface area contributed by atoms with Gasteiger partial charge in [0.25, 0.3) is 0 Å². The minimum absolute atomic E-state index is 0.0471. The minimum Gasteiger partial charge on any atom is -0.463 e. The molecule has 0 aliphatic carbocycles. The number of hydrogen-bond acceptors (Lipinski definition) is 6. The van der Waals surface area contributed by atoms with E-state index in [-0.39, 0.29) is 18.1 Å². The number of piperidine rings is 1. The van der Waals surface area contributed by atoms with Crippen LogP contribution in [-0.4, -0.2) is 30.6 Å². The summed E-state index contributed by atoms with van der Waals surface area (Å²) in [6, 6.07) is 10.1. The predicted octanol–water partition coefficient (Wildman–Crippen LogP) is 3.32. The highest BCUT2D eigenvalue weighted by Gasteiger charge is 2.37. The Morgan fingerprint density at radius 2 is 2.04 bits per heavy atom. The third-order valence-corrected chi connectivity index (χ3v) is 5.31. The van der Waals surface area contributed by atoms with E-state index in [4.69, 9.17) is 15.2 Å². The van der Waals surface area contributed by atoms with Gasteiger partial charge in [-0.1, -0.05) is 30.7 Å². The van der Waals surface area contributed by atoms with Crippen molar-refractivity contribution >= 4 is 5.97 Å². The Balaban J connectivity index is 2.06. The second kappa shape index (κ2) is 8.94. The molecule has 6 heteroatoms. The number of ether oxygens (including phenoxy) is 2. The van der Waals surface area contributed by atoms with E-state index >= 15 is 0 Å². The van der Waals surface area contributed by atoms with Crippen LogP contribution in [0.1, 0.15) is 50.2 Å². The first-order chi connectivity index (χ1) is 13.6. The Bertz CT molecular complexity index is 845. The zero-order valence-corrected chi connectivity index (χ0v) is 16.5. The third-order valence-electron chi connectivity index (χ3n) is 5.31. The molecular formula is C22H27N3O3. The summed E-state index contributed by atoms with van der Waals surface area (Å²) in [7, 11) is 0. The molecule has 2 N–H and O–H groups in total. The van der Waals surface area contributed by atoms with Crippen LogP contribution >= 0.6 is 0 Å². The van der Waals surface area contributed by atoms with Gasteiger partial charge in [-0.2, -0.15) is 5.26 Å². The van der Waals surface area contributed by atoms with E-state index in [0.29, 0.717) is 11.3 Å². The van der Waals surface area contributed by atoms with Crippen LogP contribution in [0.4, 0.5) is 0 Å². The quantitative estimate of drug-likeness (QED) is 0.787. The Morgan fingerprint density at radius 3 is 2.71 bits per heavy atom. The molecule has 1 unspecified atom stereocenters. The number of esters is 1. The van der Waals surface area contributed by atoms with Crippen LogP contribution in [0.5, 0.6) is 0 Å². The third kappa shape index (κ3) is 4.05. The number of carbonyl (C=O) groups is 1. The highest BCUT2D eigenvalue weighted by atomic mass is 16.5. The molecule has 3 rings (SSSR count). The van der Waals surface area contributed by atoms with E-state index < -0.39 is 11.9 Å². The molecule has 6 nitrogen and oxygen atoms in total. The lowest BCUT2D eigenvalue weighted by Gasteiger charge is -2.31. The first-order valence-corrected chi connectivity index (χ1v) is 9.82.